The van der Waals surface area contributed by atoms with Crippen LogP contribution >= 0.6 is 0 Å². The van der Waals surface area contributed by atoms with Crippen LogP contribution in [-0.2, 0) is 4.79 Å². The monoisotopic (exact) mass is 336 g/mol. The van der Waals surface area contributed by atoms with Gasteiger partial charge in [0.1, 0.15) is 0 Å². The van der Waals surface area contributed by atoms with Crippen molar-refractivity contribution < 1.29 is 19.2 Å². The van der Waals surface area contributed by atoms with E-state index in [1.165, 1.54) is 25.3 Å². The van der Waals surface area contributed by atoms with Crippen LogP contribution in [0.2, 0.25) is 0 Å². The summed E-state index contributed by atoms with van der Waals surface area (Å²) in [5.74, 6) is 1.19. The maximum absolute atomic E-state index is 12.3. The van der Waals surface area contributed by atoms with Crippen molar-refractivity contribution in [2.75, 3.05) is 20.8 Å². The maximum Gasteiger partial charge on any atom is 0.273 e. The highest BCUT2D eigenvalue weighted by atomic mass is 16.6. The van der Waals surface area contributed by atoms with Gasteiger partial charge in [-0.15, -0.1) is 0 Å². The van der Waals surface area contributed by atoms with Gasteiger partial charge in [0.25, 0.3) is 11.6 Å². The number of likely N-dealkylation sites (N-methyl/N-ethyl adjacent to an activating group) is 1. The Kier molecular flexibility index (Phi) is 6.00. The number of carbonyl (C=O) groups is 1. The van der Waals surface area contributed by atoms with E-state index in [0.29, 0.717) is 5.75 Å². The number of non-ortho nitro benzene ring substituents is 1. The molecule has 0 heterocycles. The predicted octanol–water partition coefficient (Wildman–Crippen LogP) is 3.02. The Labute approximate surface area is 141 Å². The Morgan fingerprint density at radius 3 is 2.54 bits per heavy atom. The number of nitro groups is 1. The summed E-state index contributed by atoms with van der Waals surface area (Å²) in [6.07, 6.45) is 4.31. The fourth-order valence-corrected chi connectivity index (χ4v) is 2.96. The molecule has 132 valence electrons. The second-order valence-corrected chi connectivity index (χ2v) is 6.30. The topological polar surface area (TPSA) is 81.9 Å². The summed E-state index contributed by atoms with van der Waals surface area (Å²) in [5.41, 5.74) is -0.0843. The van der Waals surface area contributed by atoms with Crippen molar-refractivity contribution >= 4 is 11.6 Å². The minimum atomic E-state index is -0.505. The van der Waals surface area contributed by atoms with E-state index in [4.69, 9.17) is 9.47 Å². The van der Waals surface area contributed by atoms with Crippen LogP contribution in [0.15, 0.2) is 18.2 Å². The normalized spacial score (nSPS) is 20.3. The lowest BCUT2D eigenvalue weighted by molar-refractivity contribution is -0.384. The van der Waals surface area contributed by atoms with Gasteiger partial charge in [-0.1, -0.05) is 6.92 Å². The highest BCUT2D eigenvalue weighted by Gasteiger charge is 2.25. The fraction of sp³-hybridized carbons (Fsp3) is 0.588. The molecule has 0 N–H and O–H groups in total. The number of ether oxygens (including phenoxy) is 2. The molecule has 0 saturated heterocycles. The minimum absolute atomic E-state index is 0.0843. The molecule has 1 saturated carbocycles. The van der Waals surface area contributed by atoms with E-state index in [1.54, 1.807) is 11.9 Å². The molecule has 7 nitrogen and oxygen atoms in total. The average Bonchev–Trinajstić information content (AvgIpc) is 2.59. The van der Waals surface area contributed by atoms with Crippen LogP contribution in [0.5, 0.6) is 11.5 Å². The van der Waals surface area contributed by atoms with Gasteiger partial charge in [0.15, 0.2) is 18.1 Å². The molecule has 0 aromatic heterocycles. The number of rotatable bonds is 6. The van der Waals surface area contributed by atoms with Gasteiger partial charge in [0, 0.05) is 19.2 Å². The minimum Gasteiger partial charge on any atom is -0.493 e. The lowest BCUT2D eigenvalue weighted by atomic mass is 9.87. The van der Waals surface area contributed by atoms with Gasteiger partial charge in [-0.3, -0.25) is 14.9 Å². The molecule has 1 amide bonds. The van der Waals surface area contributed by atoms with Gasteiger partial charge in [0.05, 0.1) is 18.1 Å². The molecule has 0 spiro atoms. The number of benzene rings is 1. The summed E-state index contributed by atoms with van der Waals surface area (Å²) in [5, 5.41) is 10.8. The van der Waals surface area contributed by atoms with Crippen LogP contribution in [0.25, 0.3) is 0 Å². The van der Waals surface area contributed by atoms with E-state index in [0.717, 1.165) is 31.6 Å². The van der Waals surface area contributed by atoms with Crippen LogP contribution in [-0.4, -0.2) is 42.5 Å². The molecule has 24 heavy (non-hydrogen) atoms. The summed E-state index contributed by atoms with van der Waals surface area (Å²) in [6.45, 7) is 2.12. The van der Waals surface area contributed by atoms with Crippen molar-refractivity contribution in [1.82, 2.24) is 4.90 Å². The van der Waals surface area contributed by atoms with Crippen LogP contribution in [0.3, 0.4) is 0 Å². The highest BCUT2D eigenvalue weighted by Crippen LogP contribution is 2.31. The molecule has 1 aromatic rings. The van der Waals surface area contributed by atoms with Crippen LogP contribution < -0.4 is 9.47 Å². The smallest absolute Gasteiger partial charge is 0.273 e. The van der Waals surface area contributed by atoms with Gasteiger partial charge in [-0.05, 0) is 37.7 Å². The van der Waals surface area contributed by atoms with Crippen LogP contribution in [0.1, 0.15) is 32.6 Å². The first-order valence-corrected chi connectivity index (χ1v) is 8.13. The highest BCUT2D eigenvalue weighted by molar-refractivity contribution is 5.78. The number of carbonyl (C=O) groups excluding carboxylic acids is 1. The Morgan fingerprint density at radius 1 is 1.29 bits per heavy atom. The second kappa shape index (κ2) is 7.99. The zero-order valence-electron chi connectivity index (χ0n) is 14.4. The van der Waals surface area contributed by atoms with Crippen LogP contribution in [0, 0.1) is 16.0 Å². The van der Waals surface area contributed by atoms with E-state index >= 15 is 0 Å². The van der Waals surface area contributed by atoms with E-state index in [-0.39, 0.29) is 30.0 Å². The largest absolute Gasteiger partial charge is 0.493 e. The fourth-order valence-electron chi connectivity index (χ4n) is 2.96. The molecule has 1 fully saturated rings. The quantitative estimate of drug-likeness (QED) is 0.589. The number of hydrogen-bond donors (Lipinski definition) is 0. The van der Waals surface area contributed by atoms with Crippen molar-refractivity contribution in [3.63, 3.8) is 0 Å². The molecular weight excluding hydrogens is 312 g/mol. The third-order valence-corrected chi connectivity index (χ3v) is 4.64. The molecule has 1 aliphatic carbocycles. The van der Waals surface area contributed by atoms with Gasteiger partial charge in [-0.25, -0.2) is 0 Å². The Bertz CT molecular complexity index is 597. The molecule has 1 aromatic carbocycles. The first-order chi connectivity index (χ1) is 11.4. The third-order valence-electron chi connectivity index (χ3n) is 4.64. The predicted molar refractivity (Wildman–Crippen MR) is 89.3 cm³/mol. The summed E-state index contributed by atoms with van der Waals surface area (Å²) < 4.78 is 10.6. The summed E-state index contributed by atoms with van der Waals surface area (Å²) in [4.78, 5) is 24.4. The maximum atomic E-state index is 12.3. The van der Waals surface area contributed by atoms with Gasteiger partial charge in [0.2, 0.25) is 0 Å². The summed E-state index contributed by atoms with van der Waals surface area (Å²) in [7, 11) is 3.21. The molecule has 7 heteroatoms. The van der Waals surface area contributed by atoms with Gasteiger partial charge < -0.3 is 14.4 Å². The molecule has 0 aliphatic heterocycles. The van der Waals surface area contributed by atoms with Crippen molar-refractivity contribution in [2.24, 2.45) is 5.92 Å². The Morgan fingerprint density at radius 2 is 1.96 bits per heavy atom. The zero-order valence-corrected chi connectivity index (χ0v) is 14.4. The zero-order chi connectivity index (χ0) is 17.7. The van der Waals surface area contributed by atoms with Crippen molar-refractivity contribution in [3.8, 4) is 11.5 Å². The average molecular weight is 336 g/mol. The number of nitro benzene ring substituents is 1. The van der Waals surface area contributed by atoms with Gasteiger partial charge in [-0.2, -0.15) is 0 Å². The Hall–Kier alpha value is -2.31. The van der Waals surface area contributed by atoms with Crippen LogP contribution in [0.4, 0.5) is 5.69 Å². The SMILES string of the molecule is COc1cc([N+](=O)[O-])ccc1OCC(=O)N(C)C1CCC(C)CC1. The van der Waals surface area contributed by atoms with Crippen molar-refractivity contribution in [3.05, 3.63) is 28.3 Å². The molecular formula is C17H24N2O5. The lowest BCUT2D eigenvalue weighted by Gasteiger charge is -2.33. The van der Waals surface area contributed by atoms with Crippen molar-refractivity contribution in [2.45, 2.75) is 38.6 Å². The third kappa shape index (κ3) is 4.37. The second-order valence-electron chi connectivity index (χ2n) is 6.30. The molecule has 2 rings (SSSR count). The molecule has 0 radical (unpaired) electrons. The molecule has 1 aliphatic rings. The van der Waals surface area contributed by atoms with Gasteiger partial charge >= 0.3 is 0 Å². The van der Waals surface area contributed by atoms with E-state index in [1.807, 2.05) is 0 Å². The van der Waals surface area contributed by atoms with E-state index in [9.17, 15) is 14.9 Å². The summed E-state index contributed by atoms with van der Waals surface area (Å²) in [6, 6.07) is 4.32. The number of hydrogen-bond acceptors (Lipinski definition) is 5. The standard InChI is InChI=1S/C17H24N2O5/c1-12-4-6-13(7-5-12)18(2)17(20)11-24-15-9-8-14(19(21)22)10-16(15)23-3/h8-10,12-13H,4-7,11H2,1-3H3. The van der Waals surface area contributed by atoms with Crippen molar-refractivity contribution in [1.29, 1.82) is 0 Å². The molecule has 0 unspecified atom stereocenters. The first kappa shape index (κ1) is 18.0. The van der Waals surface area contributed by atoms with E-state index in [2.05, 4.69) is 6.92 Å². The Balaban J connectivity index is 1.94. The molecule has 0 atom stereocenters. The molecule has 0 bridgehead atoms. The van der Waals surface area contributed by atoms with E-state index < -0.39 is 4.92 Å². The number of methoxy groups -OCH3 is 1. The number of amides is 1. The lowest BCUT2D eigenvalue weighted by Crippen LogP contribution is -2.41. The first-order valence-electron chi connectivity index (χ1n) is 8.13. The number of nitrogens with zero attached hydrogens (tertiary/aromatic N) is 2. The summed E-state index contributed by atoms with van der Waals surface area (Å²) >= 11 is 0.